The third-order valence-electron chi connectivity index (χ3n) is 3.17. The SMILES string of the molecule is Nc1cccc(S(=O)CC2Cc3ccccc3O2)c1. The van der Waals surface area contributed by atoms with Gasteiger partial charge in [-0.05, 0) is 29.8 Å². The van der Waals surface area contributed by atoms with E-state index in [0.29, 0.717) is 11.4 Å². The molecule has 19 heavy (non-hydrogen) atoms. The Labute approximate surface area is 114 Å². The standard InChI is InChI=1S/C15H15NO2S/c16-12-5-3-6-14(9-12)19(17)10-13-8-11-4-1-2-7-15(11)18-13/h1-7,9,13H,8,10,16H2. The molecule has 0 saturated carbocycles. The van der Waals surface area contributed by atoms with Gasteiger partial charge in [-0.2, -0.15) is 0 Å². The van der Waals surface area contributed by atoms with Gasteiger partial charge >= 0.3 is 0 Å². The topological polar surface area (TPSA) is 52.3 Å². The van der Waals surface area contributed by atoms with Crippen molar-refractivity contribution in [3.05, 3.63) is 54.1 Å². The van der Waals surface area contributed by atoms with Gasteiger partial charge in [0.25, 0.3) is 0 Å². The fraction of sp³-hybridized carbons (Fsp3) is 0.200. The molecule has 2 atom stereocenters. The van der Waals surface area contributed by atoms with Crippen molar-refractivity contribution in [2.45, 2.75) is 17.4 Å². The highest BCUT2D eigenvalue weighted by Gasteiger charge is 2.24. The van der Waals surface area contributed by atoms with E-state index in [-0.39, 0.29) is 6.10 Å². The molecule has 0 amide bonds. The minimum atomic E-state index is -1.08. The molecule has 4 heteroatoms. The smallest absolute Gasteiger partial charge is 0.123 e. The lowest BCUT2D eigenvalue weighted by atomic mass is 10.1. The second kappa shape index (κ2) is 5.05. The van der Waals surface area contributed by atoms with Crippen molar-refractivity contribution in [3.63, 3.8) is 0 Å². The van der Waals surface area contributed by atoms with E-state index in [1.54, 1.807) is 12.1 Å². The third kappa shape index (κ3) is 2.63. The van der Waals surface area contributed by atoms with Gasteiger partial charge in [0.2, 0.25) is 0 Å². The van der Waals surface area contributed by atoms with Crippen molar-refractivity contribution in [2.24, 2.45) is 0 Å². The Morgan fingerprint density at radius 3 is 2.84 bits per heavy atom. The highest BCUT2D eigenvalue weighted by Crippen LogP contribution is 2.29. The Bertz CT molecular complexity index is 602. The van der Waals surface area contributed by atoms with E-state index in [4.69, 9.17) is 10.5 Å². The lowest BCUT2D eigenvalue weighted by molar-refractivity contribution is 0.258. The van der Waals surface area contributed by atoms with Gasteiger partial charge in [0.1, 0.15) is 11.9 Å². The lowest BCUT2D eigenvalue weighted by Gasteiger charge is -2.10. The first-order chi connectivity index (χ1) is 9.22. The van der Waals surface area contributed by atoms with Gasteiger partial charge in [0.15, 0.2) is 0 Å². The van der Waals surface area contributed by atoms with Gasteiger partial charge < -0.3 is 10.5 Å². The molecule has 3 rings (SSSR count). The highest BCUT2D eigenvalue weighted by molar-refractivity contribution is 7.85. The minimum absolute atomic E-state index is 0.0142. The maximum Gasteiger partial charge on any atom is 0.123 e. The van der Waals surface area contributed by atoms with Gasteiger partial charge in [-0.25, -0.2) is 0 Å². The number of nitrogen functional groups attached to an aromatic ring is 1. The van der Waals surface area contributed by atoms with Crippen LogP contribution in [-0.2, 0) is 17.2 Å². The number of anilines is 1. The first kappa shape index (κ1) is 12.2. The molecule has 98 valence electrons. The van der Waals surface area contributed by atoms with Gasteiger partial charge in [0.05, 0.1) is 16.6 Å². The molecule has 1 aliphatic rings. The number of hydrogen-bond donors (Lipinski definition) is 1. The van der Waals surface area contributed by atoms with Crippen molar-refractivity contribution in [3.8, 4) is 5.75 Å². The molecule has 0 saturated heterocycles. The molecule has 1 aliphatic heterocycles. The molecule has 0 aliphatic carbocycles. The number of fused-ring (bicyclic) bond motifs is 1. The van der Waals surface area contributed by atoms with Crippen LogP contribution >= 0.6 is 0 Å². The number of hydrogen-bond acceptors (Lipinski definition) is 3. The van der Waals surface area contributed by atoms with Crippen LogP contribution in [0.5, 0.6) is 5.75 Å². The molecular weight excluding hydrogens is 258 g/mol. The first-order valence-electron chi connectivity index (χ1n) is 6.21. The molecule has 2 aromatic rings. The summed E-state index contributed by atoms with van der Waals surface area (Å²) < 4.78 is 18.1. The molecule has 0 fully saturated rings. The van der Waals surface area contributed by atoms with E-state index in [0.717, 1.165) is 17.1 Å². The molecule has 0 spiro atoms. The van der Waals surface area contributed by atoms with Gasteiger partial charge in [-0.15, -0.1) is 0 Å². The predicted octanol–water partition coefficient (Wildman–Crippen LogP) is 2.38. The summed E-state index contributed by atoms with van der Waals surface area (Å²) in [6.45, 7) is 0. The van der Waals surface area contributed by atoms with E-state index < -0.39 is 10.8 Å². The minimum Gasteiger partial charge on any atom is -0.489 e. The number of ether oxygens (including phenoxy) is 1. The van der Waals surface area contributed by atoms with Crippen LogP contribution in [0.25, 0.3) is 0 Å². The highest BCUT2D eigenvalue weighted by atomic mass is 32.2. The van der Waals surface area contributed by atoms with E-state index in [1.165, 1.54) is 5.56 Å². The molecule has 2 N–H and O–H groups in total. The molecule has 1 heterocycles. The maximum atomic E-state index is 12.3. The van der Waals surface area contributed by atoms with Gasteiger partial charge in [0, 0.05) is 17.0 Å². The van der Waals surface area contributed by atoms with Crippen LogP contribution in [0.15, 0.2) is 53.4 Å². The fourth-order valence-corrected chi connectivity index (χ4v) is 3.48. The first-order valence-corrected chi connectivity index (χ1v) is 7.53. The largest absolute Gasteiger partial charge is 0.489 e. The second-order valence-corrected chi connectivity index (χ2v) is 6.13. The summed E-state index contributed by atoms with van der Waals surface area (Å²) in [6, 6.07) is 15.2. The number of rotatable bonds is 3. The summed E-state index contributed by atoms with van der Waals surface area (Å²) in [5.41, 5.74) is 7.54. The quantitative estimate of drug-likeness (QED) is 0.874. The summed E-state index contributed by atoms with van der Waals surface area (Å²) >= 11 is 0. The zero-order chi connectivity index (χ0) is 13.2. The van der Waals surface area contributed by atoms with Crippen LogP contribution in [-0.4, -0.2) is 16.1 Å². The fourth-order valence-electron chi connectivity index (χ4n) is 2.27. The van der Waals surface area contributed by atoms with Crippen LogP contribution in [0.1, 0.15) is 5.56 Å². The Morgan fingerprint density at radius 2 is 2.05 bits per heavy atom. The molecule has 0 bridgehead atoms. The summed E-state index contributed by atoms with van der Waals surface area (Å²) in [4.78, 5) is 0.763. The Kier molecular flexibility index (Phi) is 3.25. The Balaban J connectivity index is 1.69. The van der Waals surface area contributed by atoms with E-state index in [1.807, 2.05) is 30.3 Å². The Morgan fingerprint density at radius 1 is 1.21 bits per heavy atom. The number of para-hydroxylation sites is 1. The average molecular weight is 273 g/mol. The normalized spacial score (nSPS) is 18.6. The van der Waals surface area contributed by atoms with Crippen molar-refractivity contribution in [2.75, 3.05) is 11.5 Å². The lowest BCUT2D eigenvalue weighted by Crippen LogP contribution is -2.21. The molecule has 2 aromatic carbocycles. The number of nitrogens with two attached hydrogens (primary N) is 1. The number of benzene rings is 2. The summed E-state index contributed by atoms with van der Waals surface area (Å²) in [5, 5.41) is 0. The zero-order valence-electron chi connectivity index (χ0n) is 10.4. The van der Waals surface area contributed by atoms with Gasteiger partial charge in [-0.3, -0.25) is 4.21 Å². The van der Waals surface area contributed by atoms with Crippen LogP contribution in [0, 0.1) is 0 Å². The van der Waals surface area contributed by atoms with Crippen molar-refractivity contribution >= 4 is 16.5 Å². The van der Waals surface area contributed by atoms with E-state index >= 15 is 0 Å². The van der Waals surface area contributed by atoms with E-state index in [9.17, 15) is 4.21 Å². The molecular formula is C15H15NO2S. The average Bonchev–Trinajstić information content (AvgIpc) is 2.80. The van der Waals surface area contributed by atoms with Crippen LogP contribution < -0.4 is 10.5 Å². The third-order valence-corrected chi connectivity index (χ3v) is 4.63. The van der Waals surface area contributed by atoms with E-state index in [2.05, 4.69) is 6.07 Å². The summed E-state index contributed by atoms with van der Waals surface area (Å²) in [7, 11) is -1.08. The summed E-state index contributed by atoms with van der Waals surface area (Å²) in [6.07, 6.45) is 0.809. The molecule has 0 radical (unpaired) electrons. The monoisotopic (exact) mass is 273 g/mol. The molecule has 3 nitrogen and oxygen atoms in total. The van der Waals surface area contributed by atoms with Crippen LogP contribution in [0.4, 0.5) is 5.69 Å². The zero-order valence-corrected chi connectivity index (χ0v) is 11.2. The molecule has 0 aromatic heterocycles. The van der Waals surface area contributed by atoms with Crippen LogP contribution in [0.2, 0.25) is 0 Å². The van der Waals surface area contributed by atoms with Crippen molar-refractivity contribution < 1.29 is 8.95 Å². The van der Waals surface area contributed by atoms with Crippen LogP contribution in [0.3, 0.4) is 0 Å². The summed E-state index contributed by atoms with van der Waals surface area (Å²) in [5.74, 6) is 1.41. The maximum absolute atomic E-state index is 12.3. The van der Waals surface area contributed by atoms with Crippen molar-refractivity contribution in [1.82, 2.24) is 0 Å². The predicted molar refractivity (Wildman–Crippen MR) is 76.7 cm³/mol. The van der Waals surface area contributed by atoms with Crippen molar-refractivity contribution in [1.29, 1.82) is 0 Å². The second-order valence-electron chi connectivity index (χ2n) is 4.64. The Hall–Kier alpha value is -1.81. The van der Waals surface area contributed by atoms with Gasteiger partial charge in [-0.1, -0.05) is 24.3 Å². The molecule has 2 unspecified atom stereocenters.